The number of nitrogens with zero attached hydrogens (tertiary/aromatic N) is 1. The Morgan fingerprint density at radius 3 is 2.78 bits per heavy atom. The molecule has 3 nitrogen and oxygen atoms in total. The largest absolute Gasteiger partial charge is 0.466 e. The Hall–Kier alpha value is -1.97. The van der Waals surface area contributed by atoms with Crippen LogP contribution in [0.4, 0.5) is 4.39 Å². The fourth-order valence-electron chi connectivity index (χ4n) is 3.63. The molecule has 4 heteroatoms. The number of esters is 1. The topological polar surface area (TPSA) is 39.2 Å². The van der Waals surface area contributed by atoms with Gasteiger partial charge in [-0.2, -0.15) is 0 Å². The van der Waals surface area contributed by atoms with Gasteiger partial charge in [0.2, 0.25) is 0 Å². The lowest BCUT2D eigenvalue weighted by Gasteiger charge is -2.28. The van der Waals surface area contributed by atoms with Gasteiger partial charge >= 0.3 is 5.97 Å². The number of pyridine rings is 1. The summed E-state index contributed by atoms with van der Waals surface area (Å²) in [7, 11) is 0. The highest BCUT2D eigenvalue weighted by molar-refractivity contribution is 5.82. The van der Waals surface area contributed by atoms with E-state index in [0.29, 0.717) is 24.9 Å². The summed E-state index contributed by atoms with van der Waals surface area (Å²) in [6.07, 6.45) is 6.41. The molecule has 1 saturated carbocycles. The summed E-state index contributed by atoms with van der Waals surface area (Å²) in [5, 5.41) is 0.918. The quantitative estimate of drug-likeness (QED) is 0.774. The van der Waals surface area contributed by atoms with Crippen LogP contribution < -0.4 is 0 Å². The molecule has 122 valence electrons. The van der Waals surface area contributed by atoms with Gasteiger partial charge in [0.05, 0.1) is 12.1 Å². The smallest absolute Gasteiger partial charge is 0.306 e. The van der Waals surface area contributed by atoms with Gasteiger partial charge in [0.25, 0.3) is 0 Å². The van der Waals surface area contributed by atoms with E-state index in [1.807, 2.05) is 13.0 Å². The summed E-state index contributed by atoms with van der Waals surface area (Å²) in [5.41, 5.74) is 2.03. The van der Waals surface area contributed by atoms with E-state index in [-0.39, 0.29) is 11.8 Å². The molecule has 0 saturated heterocycles. The molecular formula is C19H22FNO2. The van der Waals surface area contributed by atoms with E-state index >= 15 is 0 Å². The Bertz CT molecular complexity index is 693. The van der Waals surface area contributed by atoms with Gasteiger partial charge in [-0.3, -0.25) is 9.78 Å². The van der Waals surface area contributed by atoms with Gasteiger partial charge in [-0.05, 0) is 74.3 Å². The fourth-order valence-corrected chi connectivity index (χ4v) is 3.63. The number of hydrogen-bond acceptors (Lipinski definition) is 3. The molecule has 1 heterocycles. The third-order valence-electron chi connectivity index (χ3n) is 4.78. The van der Waals surface area contributed by atoms with E-state index in [2.05, 4.69) is 4.98 Å². The van der Waals surface area contributed by atoms with Crippen LogP contribution >= 0.6 is 0 Å². The molecule has 1 aliphatic carbocycles. The second-order valence-corrected chi connectivity index (χ2v) is 6.29. The van der Waals surface area contributed by atoms with Gasteiger partial charge in [0.1, 0.15) is 5.82 Å². The van der Waals surface area contributed by atoms with Crippen LogP contribution in [-0.2, 0) is 9.53 Å². The number of fused-ring (bicyclic) bond motifs is 1. The molecular weight excluding hydrogens is 293 g/mol. The van der Waals surface area contributed by atoms with Crippen molar-refractivity contribution in [3.8, 4) is 0 Å². The Balaban J connectivity index is 1.71. The van der Waals surface area contributed by atoms with E-state index in [9.17, 15) is 9.18 Å². The molecule has 3 rings (SSSR count). The molecule has 0 N–H and O–H groups in total. The van der Waals surface area contributed by atoms with Crippen molar-refractivity contribution in [2.24, 2.45) is 5.92 Å². The second kappa shape index (κ2) is 7.07. The van der Waals surface area contributed by atoms with Crippen LogP contribution in [0.15, 0.2) is 30.5 Å². The lowest BCUT2D eigenvalue weighted by atomic mass is 9.77. The van der Waals surface area contributed by atoms with Gasteiger partial charge in [-0.1, -0.05) is 0 Å². The summed E-state index contributed by atoms with van der Waals surface area (Å²) in [4.78, 5) is 15.9. The fraction of sp³-hybridized carbons (Fsp3) is 0.474. The molecule has 0 radical (unpaired) electrons. The molecule has 1 aromatic heterocycles. The van der Waals surface area contributed by atoms with Crippen LogP contribution in [0.25, 0.3) is 10.9 Å². The number of carbonyl (C=O) groups is 1. The zero-order valence-electron chi connectivity index (χ0n) is 13.4. The van der Waals surface area contributed by atoms with Gasteiger partial charge in [-0.25, -0.2) is 4.39 Å². The number of halogens is 1. The highest BCUT2D eigenvalue weighted by Gasteiger charge is 2.25. The summed E-state index contributed by atoms with van der Waals surface area (Å²) in [6, 6.07) is 6.79. The standard InChI is InChI=1S/C19H22FNO2/c1-2-23-19(22)11-13-3-5-14(6-4-13)16-9-10-21-18-8-7-15(20)12-17(16)18/h7-10,12-14H,2-6,11H2,1H3. The molecule has 0 aliphatic heterocycles. The van der Waals surface area contributed by atoms with Crippen LogP contribution in [-0.4, -0.2) is 17.6 Å². The predicted molar refractivity (Wildman–Crippen MR) is 87.7 cm³/mol. The Morgan fingerprint density at radius 1 is 1.26 bits per heavy atom. The summed E-state index contributed by atoms with van der Waals surface area (Å²) in [6.45, 7) is 2.28. The van der Waals surface area contributed by atoms with Crippen LogP contribution in [0.2, 0.25) is 0 Å². The summed E-state index contributed by atoms with van der Waals surface area (Å²) < 4.78 is 18.6. The van der Waals surface area contributed by atoms with Crippen molar-refractivity contribution in [1.82, 2.24) is 4.98 Å². The summed E-state index contributed by atoms with van der Waals surface area (Å²) in [5.74, 6) is 0.519. The highest BCUT2D eigenvalue weighted by atomic mass is 19.1. The van der Waals surface area contributed by atoms with E-state index in [1.165, 1.54) is 11.6 Å². The molecule has 0 bridgehead atoms. The van der Waals surface area contributed by atoms with Crippen molar-refractivity contribution in [3.05, 3.63) is 41.8 Å². The second-order valence-electron chi connectivity index (χ2n) is 6.29. The number of hydrogen-bond donors (Lipinski definition) is 0. The minimum Gasteiger partial charge on any atom is -0.466 e. The van der Waals surface area contributed by atoms with Crippen molar-refractivity contribution in [2.45, 2.75) is 44.9 Å². The number of carbonyl (C=O) groups excluding carboxylic acids is 1. The first-order valence-corrected chi connectivity index (χ1v) is 8.37. The van der Waals surface area contributed by atoms with Gasteiger partial charge < -0.3 is 4.74 Å². The maximum absolute atomic E-state index is 13.6. The van der Waals surface area contributed by atoms with E-state index in [4.69, 9.17) is 4.74 Å². The third-order valence-corrected chi connectivity index (χ3v) is 4.78. The van der Waals surface area contributed by atoms with Crippen molar-refractivity contribution in [1.29, 1.82) is 0 Å². The van der Waals surface area contributed by atoms with E-state index < -0.39 is 0 Å². The monoisotopic (exact) mass is 315 g/mol. The molecule has 2 aromatic rings. The van der Waals surface area contributed by atoms with Gasteiger partial charge in [0.15, 0.2) is 0 Å². The molecule has 0 atom stereocenters. The zero-order valence-corrected chi connectivity index (χ0v) is 13.4. The third kappa shape index (κ3) is 3.69. The SMILES string of the molecule is CCOC(=O)CC1CCC(c2ccnc3ccc(F)cc23)CC1. The molecule has 0 amide bonds. The molecule has 1 aromatic carbocycles. The first kappa shape index (κ1) is 15.9. The minimum absolute atomic E-state index is 0.0904. The van der Waals surface area contributed by atoms with Crippen LogP contribution in [0, 0.1) is 11.7 Å². The average molecular weight is 315 g/mol. The van der Waals surface area contributed by atoms with Crippen molar-refractivity contribution in [3.63, 3.8) is 0 Å². The first-order chi connectivity index (χ1) is 11.2. The Morgan fingerprint density at radius 2 is 2.04 bits per heavy atom. The number of rotatable bonds is 4. The molecule has 1 aliphatic rings. The van der Waals surface area contributed by atoms with Crippen molar-refractivity contribution in [2.75, 3.05) is 6.61 Å². The number of aromatic nitrogens is 1. The highest BCUT2D eigenvalue weighted by Crippen LogP contribution is 2.39. The molecule has 23 heavy (non-hydrogen) atoms. The normalized spacial score (nSPS) is 21.3. The predicted octanol–water partition coefficient (Wildman–Crippen LogP) is 4.60. The number of benzene rings is 1. The van der Waals surface area contributed by atoms with Crippen molar-refractivity contribution < 1.29 is 13.9 Å². The average Bonchev–Trinajstić information content (AvgIpc) is 2.55. The first-order valence-electron chi connectivity index (χ1n) is 8.37. The lowest BCUT2D eigenvalue weighted by molar-refractivity contribution is -0.144. The molecule has 0 unspecified atom stereocenters. The maximum atomic E-state index is 13.6. The van der Waals surface area contributed by atoms with Crippen LogP contribution in [0.3, 0.4) is 0 Å². The van der Waals surface area contributed by atoms with E-state index in [1.54, 1.807) is 18.3 Å². The molecule has 0 spiro atoms. The number of ether oxygens (including phenoxy) is 1. The summed E-state index contributed by atoms with van der Waals surface area (Å²) >= 11 is 0. The Kier molecular flexibility index (Phi) is 4.89. The van der Waals surface area contributed by atoms with E-state index in [0.717, 1.165) is 36.6 Å². The molecule has 1 fully saturated rings. The van der Waals surface area contributed by atoms with Crippen LogP contribution in [0.1, 0.15) is 50.5 Å². The maximum Gasteiger partial charge on any atom is 0.306 e. The zero-order chi connectivity index (χ0) is 16.2. The lowest BCUT2D eigenvalue weighted by Crippen LogP contribution is -2.18. The minimum atomic E-state index is -0.220. The Labute approximate surface area is 135 Å². The van der Waals surface area contributed by atoms with Crippen molar-refractivity contribution >= 4 is 16.9 Å². The van der Waals surface area contributed by atoms with Gasteiger partial charge in [-0.15, -0.1) is 0 Å². The van der Waals surface area contributed by atoms with Gasteiger partial charge in [0, 0.05) is 18.0 Å². The van der Waals surface area contributed by atoms with Crippen LogP contribution in [0.5, 0.6) is 0 Å².